The molecule has 0 N–H and O–H groups in total. The molecule has 6 nitrogen and oxygen atoms in total. The minimum Gasteiger partial charge on any atom is -0.326 e. The third-order valence-electron chi connectivity index (χ3n) is 6.26. The number of imide groups is 1. The molecule has 2 aliphatic rings. The van der Waals surface area contributed by atoms with Crippen molar-refractivity contribution in [1.82, 2.24) is 14.8 Å². The lowest BCUT2D eigenvalue weighted by Gasteiger charge is -2.40. The van der Waals surface area contributed by atoms with E-state index in [0.29, 0.717) is 15.4 Å². The van der Waals surface area contributed by atoms with Crippen LogP contribution in [-0.4, -0.2) is 57.6 Å². The lowest BCUT2D eigenvalue weighted by Crippen LogP contribution is -2.56. The first-order chi connectivity index (χ1) is 16.6. The maximum Gasteiger partial charge on any atom is 0.274 e. The summed E-state index contributed by atoms with van der Waals surface area (Å²) in [7, 11) is 0. The van der Waals surface area contributed by atoms with Gasteiger partial charge in [-0.3, -0.25) is 19.3 Å². The van der Waals surface area contributed by atoms with E-state index in [1.165, 1.54) is 35.6 Å². The van der Waals surface area contributed by atoms with Gasteiger partial charge < -0.3 is 4.90 Å². The van der Waals surface area contributed by atoms with Crippen molar-refractivity contribution in [2.75, 3.05) is 13.1 Å². The van der Waals surface area contributed by atoms with Crippen molar-refractivity contribution >= 4 is 29.1 Å². The largest absolute Gasteiger partial charge is 0.326 e. The second kappa shape index (κ2) is 8.60. The summed E-state index contributed by atoms with van der Waals surface area (Å²) in [4.78, 5) is 46.1. The number of piperidine rings is 1. The van der Waals surface area contributed by atoms with Crippen molar-refractivity contribution < 1.29 is 27.6 Å². The molecule has 0 spiro atoms. The summed E-state index contributed by atoms with van der Waals surface area (Å²) in [6.07, 6.45) is -0.549. The Bertz CT molecular complexity index is 1300. The van der Waals surface area contributed by atoms with Gasteiger partial charge >= 0.3 is 0 Å². The molecular formula is C25H20F3N3O3S. The van der Waals surface area contributed by atoms with Gasteiger partial charge in [0.05, 0.1) is 33.6 Å². The molecule has 0 radical (unpaired) electrons. The van der Waals surface area contributed by atoms with Gasteiger partial charge in [0.2, 0.25) is 0 Å². The smallest absolute Gasteiger partial charge is 0.274 e. The summed E-state index contributed by atoms with van der Waals surface area (Å²) in [5, 5.41) is 0.549. The lowest BCUT2D eigenvalue weighted by atomic mass is 9.97. The zero-order valence-electron chi connectivity index (χ0n) is 18.6. The quantitative estimate of drug-likeness (QED) is 0.484. The van der Waals surface area contributed by atoms with E-state index in [2.05, 4.69) is 4.98 Å². The van der Waals surface area contributed by atoms with Crippen molar-refractivity contribution in [3.63, 3.8) is 0 Å². The number of likely N-dealkylation sites (tertiary alicyclic amines) is 1. The van der Waals surface area contributed by atoms with E-state index in [-0.39, 0.29) is 29.8 Å². The Hall–Kier alpha value is -3.53. The summed E-state index contributed by atoms with van der Waals surface area (Å²) in [6.45, 7) is 0.651. The molecule has 1 unspecified atom stereocenters. The molecule has 0 saturated carbocycles. The molecule has 2 aliphatic heterocycles. The lowest BCUT2D eigenvalue weighted by molar-refractivity contribution is -0.0739. The number of nitrogens with zero attached hydrogens (tertiary/aromatic N) is 3. The molecule has 1 aromatic heterocycles. The first-order valence-corrected chi connectivity index (χ1v) is 11.8. The number of benzene rings is 2. The molecule has 10 heteroatoms. The van der Waals surface area contributed by atoms with Crippen LogP contribution in [0.4, 0.5) is 13.2 Å². The van der Waals surface area contributed by atoms with Gasteiger partial charge in [0, 0.05) is 13.0 Å². The molecule has 3 amide bonds. The molecule has 35 heavy (non-hydrogen) atoms. The normalized spacial score (nSPS) is 19.3. The van der Waals surface area contributed by atoms with Crippen molar-refractivity contribution in [3.8, 4) is 10.4 Å². The fourth-order valence-electron chi connectivity index (χ4n) is 4.54. The van der Waals surface area contributed by atoms with Gasteiger partial charge in [-0.05, 0) is 43.2 Å². The molecule has 180 valence electrons. The summed E-state index contributed by atoms with van der Waals surface area (Å²) in [6, 6.07) is 11.1. The van der Waals surface area contributed by atoms with Gasteiger partial charge in [-0.25, -0.2) is 18.2 Å². The number of thiazole rings is 1. The third kappa shape index (κ3) is 4.22. The molecule has 0 bridgehead atoms. The van der Waals surface area contributed by atoms with Gasteiger partial charge in [-0.15, -0.1) is 11.3 Å². The number of rotatable bonds is 4. The molecule has 1 atom stereocenters. The number of aryl methyl sites for hydroxylation is 1. The van der Waals surface area contributed by atoms with Crippen LogP contribution in [0.2, 0.25) is 0 Å². The predicted octanol–water partition coefficient (Wildman–Crippen LogP) is 4.79. The average molecular weight is 500 g/mol. The monoisotopic (exact) mass is 499 g/mol. The Morgan fingerprint density at radius 3 is 2.34 bits per heavy atom. The van der Waals surface area contributed by atoms with Crippen LogP contribution in [-0.2, 0) is 0 Å². The van der Waals surface area contributed by atoms with Gasteiger partial charge in [0.1, 0.15) is 11.5 Å². The van der Waals surface area contributed by atoms with E-state index in [4.69, 9.17) is 0 Å². The molecule has 3 aromatic rings. The van der Waals surface area contributed by atoms with Crippen LogP contribution in [0.5, 0.6) is 0 Å². The summed E-state index contributed by atoms with van der Waals surface area (Å²) in [5.41, 5.74) is 1.04. The Morgan fingerprint density at radius 2 is 1.71 bits per heavy atom. The zero-order chi connectivity index (χ0) is 24.9. The molecular weight excluding hydrogens is 479 g/mol. The molecule has 1 fully saturated rings. The highest BCUT2D eigenvalue weighted by atomic mass is 32.1. The molecule has 3 heterocycles. The number of carbonyl (C=O) groups excluding carboxylic acids is 3. The third-order valence-corrected chi connectivity index (χ3v) is 7.28. The number of fused-ring (bicyclic) bond motifs is 1. The maximum absolute atomic E-state index is 14.5. The number of hydrogen-bond acceptors (Lipinski definition) is 5. The van der Waals surface area contributed by atoms with Gasteiger partial charge in [-0.2, -0.15) is 0 Å². The minimum atomic E-state index is -3.12. The number of aromatic nitrogens is 1. The van der Waals surface area contributed by atoms with Crippen LogP contribution in [0.1, 0.15) is 49.1 Å². The fourth-order valence-corrected chi connectivity index (χ4v) is 5.46. The van der Waals surface area contributed by atoms with Crippen molar-refractivity contribution in [2.45, 2.75) is 31.7 Å². The van der Waals surface area contributed by atoms with Crippen LogP contribution in [0.3, 0.4) is 0 Å². The average Bonchev–Trinajstić information content (AvgIpc) is 3.33. The molecule has 5 rings (SSSR count). The summed E-state index contributed by atoms with van der Waals surface area (Å²) in [5.74, 6) is -5.29. The van der Waals surface area contributed by atoms with Crippen LogP contribution in [0, 0.1) is 12.7 Å². The first-order valence-electron chi connectivity index (χ1n) is 11.0. The first kappa shape index (κ1) is 23.2. The molecule has 1 saturated heterocycles. The highest BCUT2D eigenvalue weighted by Gasteiger charge is 2.46. The number of halogens is 3. The number of carbonyl (C=O) groups is 3. The van der Waals surface area contributed by atoms with Crippen molar-refractivity contribution in [2.24, 2.45) is 0 Å². The predicted molar refractivity (Wildman–Crippen MR) is 123 cm³/mol. The SMILES string of the molecule is Cc1nc(C(=O)N2CC(F)(F)CCC2CN2C(=O)c3ccccc3C2=O)c(-c2ccc(F)cc2)s1. The summed E-state index contributed by atoms with van der Waals surface area (Å²) < 4.78 is 42.3. The molecule has 0 aliphatic carbocycles. The highest BCUT2D eigenvalue weighted by molar-refractivity contribution is 7.15. The number of amides is 3. The Kier molecular flexibility index (Phi) is 5.71. The van der Waals surface area contributed by atoms with Gasteiger partial charge in [0.15, 0.2) is 0 Å². The fraction of sp³-hybridized carbons (Fsp3) is 0.280. The standard InChI is InChI=1S/C25H20F3N3O3S/c1-14-29-20(21(35-14)15-6-8-16(26)9-7-15)24(34)31-13-25(27,28)11-10-17(31)12-30-22(32)18-4-2-3-5-19(18)23(30)33/h2-9,17H,10-13H2,1H3. The van der Waals surface area contributed by atoms with E-state index >= 15 is 0 Å². The van der Waals surface area contributed by atoms with E-state index in [0.717, 1.165) is 9.80 Å². The second-order valence-corrected chi connectivity index (χ2v) is 9.87. The minimum absolute atomic E-state index is 0.0100. The van der Waals surface area contributed by atoms with Crippen LogP contribution in [0.25, 0.3) is 10.4 Å². The topological polar surface area (TPSA) is 70.6 Å². The van der Waals surface area contributed by atoms with E-state index in [9.17, 15) is 27.6 Å². The van der Waals surface area contributed by atoms with E-state index < -0.39 is 48.5 Å². The number of hydrogen-bond donors (Lipinski definition) is 0. The van der Waals surface area contributed by atoms with Crippen LogP contribution < -0.4 is 0 Å². The van der Waals surface area contributed by atoms with Gasteiger partial charge in [-0.1, -0.05) is 24.3 Å². The Labute approximate surface area is 203 Å². The second-order valence-electron chi connectivity index (χ2n) is 8.67. The van der Waals surface area contributed by atoms with Crippen LogP contribution in [0.15, 0.2) is 48.5 Å². The van der Waals surface area contributed by atoms with Gasteiger partial charge in [0.25, 0.3) is 23.6 Å². The zero-order valence-corrected chi connectivity index (χ0v) is 19.4. The summed E-state index contributed by atoms with van der Waals surface area (Å²) >= 11 is 1.20. The van der Waals surface area contributed by atoms with E-state index in [1.54, 1.807) is 31.2 Å². The maximum atomic E-state index is 14.5. The Morgan fingerprint density at radius 1 is 1.09 bits per heavy atom. The Balaban J connectivity index is 1.47. The van der Waals surface area contributed by atoms with E-state index in [1.807, 2.05) is 0 Å². The van der Waals surface area contributed by atoms with Crippen LogP contribution >= 0.6 is 11.3 Å². The van der Waals surface area contributed by atoms with Crippen molar-refractivity contribution in [1.29, 1.82) is 0 Å². The highest BCUT2D eigenvalue weighted by Crippen LogP contribution is 2.36. The number of alkyl halides is 2. The molecule has 2 aromatic carbocycles. The van der Waals surface area contributed by atoms with Crippen molar-refractivity contribution in [3.05, 3.63) is 76.2 Å².